The number of methoxy groups -OCH3 is 1. The molecule has 0 aliphatic heterocycles. The lowest BCUT2D eigenvalue weighted by Gasteiger charge is -2.14. The van der Waals surface area contributed by atoms with Crippen LogP contribution in [0.4, 0.5) is 5.69 Å². The molecule has 4 heterocycles. The summed E-state index contributed by atoms with van der Waals surface area (Å²) in [4.78, 5) is 22.8. The molecule has 4 aromatic heterocycles. The average molecular weight is 438 g/mol. The zero-order valence-corrected chi connectivity index (χ0v) is 18.5. The minimum absolute atomic E-state index is 0.632. The number of nitrogens with one attached hydrogen (secondary N) is 2. The van der Waals surface area contributed by atoms with Gasteiger partial charge in [-0.05, 0) is 43.5 Å². The van der Waals surface area contributed by atoms with E-state index in [2.05, 4.69) is 42.9 Å². The summed E-state index contributed by atoms with van der Waals surface area (Å²) in [6.07, 6.45) is 7.14. The van der Waals surface area contributed by atoms with Gasteiger partial charge in [0, 0.05) is 36.6 Å². The second-order valence-electron chi connectivity index (χ2n) is 7.60. The molecule has 0 fully saturated rings. The van der Waals surface area contributed by atoms with Crippen LogP contribution in [0.25, 0.3) is 44.7 Å². The maximum Gasteiger partial charge on any atom is 0.161 e. The third-order valence-electron chi connectivity index (χ3n) is 5.44. The molecule has 0 saturated heterocycles. The van der Waals surface area contributed by atoms with E-state index in [-0.39, 0.29) is 0 Å². The fourth-order valence-corrected chi connectivity index (χ4v) is 3.75. The van der Waals surface area contributed by atoms with Gasteiger partial charge in [0.2, 0.25) is 0 Å². The van der Waals surface area contributed by atoms with Crippen LogP contribution in [0, 0.1) is 0 Å². The van der Waals surface area contributed by atoms with E-state index in [4.69, 9.17) is 9.72 Å². The zero-order chi connectivity index (χ0) is 22.9. The van der Waals surface area contributed by atoms with E-state index < -0.39 is 0 Å². The summed E-state index contributed by atoms with van der Waals surface area (Å²) in [6.45, 7) is 5.47. The van der Waals surface area contributed by atoms with Crippen molar-refractivity contribution in [1.29, 1.82) is 0 Å². The van der Waals surface area contributed by atoms with Gasteiger partial charge in [-0.25, -0.2) is 9.97 Å². The van der Waals surface area contributed by atoms with Gasteiger partial charge < -0.3 is 14.6 Å². The van der Waals surface area contributed by atoms with E-state index in [1.54, 1.807) is 19.5 Å². The molecule has 33 heavy (non-hydrogen) atoms. The first kappa shape index (κ1) is 20.4. The third-order valence-corrected chi connectivity index (χ3v) is 5.44. The highest BCUT2D eigenvalue weighted by atomic mass is 16.5. The van der Waals surface area contributed by atoms with Gasteiger partial charge >= 0.3 is 0 Å². The molecule has 0 aliphatic rings. The highest BCUT2D eigenvalue weighted by molar-refractivity contribution is 5.96. The van der Waals surface area contributed by atoms with Crippen molar-refractivity contribution in [2.24, 2.45) is 4.99 Å². The summed E-state index contributed by atoms with van der Waals surface area (Å²) in [7, 11) is 3.57. The zero-order valence-electron chi connectivity index (χ0n) is 18.5. The number of pyridine rings is 2. The Morgan fingerprint density at radius 3 is 2.88 bits per heavy atom. The van der Waals surface area contributed by atoms with Crippen molar-refractivity contribution in [3.8, 4) is 28.4 Å². The molecule has 2 N–H and O–H groups in total. The minimum atomic E-state index is 0.632. The van der Waals surface area contributed by atoms with Crippen LogP contribution in [-0.2, 0) is 0 Å². The summed E-state index contributed by atoms with van der Waals surface area (Å²) < 4.78 is 5.32. The topological polar surface area (TPSA) is 108 Å². The molecule has 0 radical (unpaired) electrons. The van der Waals surface area contributed by atoms with Crippen molar-refractivity contribution in [2.45, 2.75) is 6.92 Å². The average Bonchev–Trinajstić information content (AvgIpc) is 3.47. The molecule has 0 bridgehead atoms. The Hall–Kier alpha value is -4.53. The number of aromatic amines is 2. The van der Waals surface area contributed by atoms with Gasteiger partial charge in [0.1, 0.15) is 17.0 Å². The van der Waals surface area contributed by atoms with Gasteiger partial charge in [-0.1, -0.05) is 6.07 Å². The predicted molar refractivity (Wildman–Crippen MR) is 130 cm³/mol. The Labute approximate surface area is 189 Å². The Bertz CT molecular complexity index is 1510. The lowest BCUT2D eigenvalue weighted by molar-refractivity contribution is 0.413. The largest absolute Gasteiger partial charge is 0.495 e. The molecule has 5 rings (SSSR count). The van der Waals surface area contributed by atoms with Crippen molar-refractivity contribution < 1.29 is 4.74 Å². The number of imidazole rings is 1. The number of hydrogen-bond donors (Lipinski definition) is 2. The van der Waals surface area contributed by atoms with Crippen molar-refractivity contribution in [3.63, 3.8) is 0 Å². The Morgan fingerprint density at radius 2 is 2.06 bits per heavy atom. The number of ether oxygens (including phenoxy) is 1. The monoisotopic (exact) mass is 438 g/mol. The molecule has 0 aliphatic carbocycles. The molecule has 5 aromatic rings. The number of rotatable bonds is 6. The maximum absolute atomic E-state index is 5.32. The molecule has 0 amide bonds. The van der Waals surface area contributed by atoms with Crippen LogP contribution >= 0.6 is 0 Å². The highest BCUT2D eigenvalue weighted by Gasteiger charge is 2.17. The summed E-state index contributed by atoms with van der Waals surface area (Å²) in [5, 5.41) is 8.56. The quantitative estimate of drug-likeness (QED) is 0.376. The number of aliphatic imine (C=N–C) groups is 1. The molecule has 0 spiro atoms. The summed E-state index contributed by atoms with van der Waals surface area (Å²) in [6, 6.07) is 9.96. The van der Waals surface area contributed by atoms with E-state index in [1.165, 1.54) is 0 Å². The fraction of sp³-hybridized carbons (Fsp3) is 0.125. The fourth-order valence-electron chi connectivity index (χ4n) is 3.75. The van der Waals surface area contributed by atoms with Crippen LogP contribution in [0.15, 0.2) is 65.8 Å². The molecule has 1 aromatic carbocycles. The van der Waals surface area contributed by atoms with Gasteiger partial charge in [0.15, 0.2) is 11.5 Å². The maximum atomic E-state index is 5.32. The van der Waals surface area contributed by atoms with Crippen molar-refractivity contribution in [1.82, 2.24) is 30.1 Å². The Morgan fingerprint density at radius 1 is 1.18 bits per heavy atom. The summed E-state index contributed by atoms with van der Waals surface area (Å²) in [5.41, 5.74) is 6.70. The second-order valence-corrected chi connectivity index (χ2v) is 7.60. The first-order valence-electron chi connectivity index (χ1n) is 10.3. The molecule has 0 saturated carbocycles. The van der Waals surface area contributed by atoms with E-state index >= 15 is 0 Å². The standard InChI is InChI=1S/C24H22N8O/c1-14(25-2)13-32(3)20-7-8-27-23-22(20)28-24(29-23)21-18-10-15(5-6-19(18)30-31-21)16-9-17(33-4)12-26-11-16/h5-13H,2H2,1,3-4H3,(H,30,31)(H,27,28,29)/b14-13-. The van der Waals surface area contributed by atoms with E-state index in [0.29, 0.717) is 22.9 Å². The van der Waals surface area contributed by atoms with Crippen molar-refractivity contribution in [2.75, 3.05) is 19.1 Å². The summed E-state index contributed by atoms with van der Waals surface area (Å²) in [5.74, 6) is 1.34. The second kappa shape index (κ2) is 8.19. The third kappa shape index (κ3) is 3.69. The van der Waals surface area contributed by atoms with Crippen molar-refractivity contribution >= 4 is 34.5 Å². The number of allylic oxidation sites excluding steroid dienone is 1. The van der Waals surface area contributed by atoms with Gasteiger partial charge in [-0.2, -0.15) is 5.10 Å². The van der Waals surface area contributed by atoms with Crippen LogP contribution in [-0.4, -0.2) is 51.0 Å². The number of aromatic nitrogens is 6. The molecule has 164 valence electrons. The van der Waals surface area contributed by atoms with Gasteiger partial charge in [-0.3, -0.25) is 15.1 Å². The first-order valence-corrected chi connectivity index (χ1v) is 10.3. The van der Waals surface area contributed by atoms with E-state index in [9.17, 15) is 0 Å². The van der Waals surface area contributed by atoms with E-state index in [0.717, 1.165) is 38.9 Å². The Kier molecular flexibility index (Phi) is 5.06. The molecular formula is C24H22N8O. The van der Waals surface area contributed by atoms with Crippen LogP contribution in [0.3, 0.4) is 0 Å². The molecule has 0 atom stereocenters. The smallest absolute Gasteiger partial charge is 0.161 e. The van der Waals surface area contributed by atoms with Gasteiger partial charge in [0.05, 0.1) is 30.2 Å². The predicted octanol–water partition coefficient (Wildman–Crippen LogP) is 4.57. The molecule has 9 nitrogen and oxygen atoms in total. The summed E-state index contributed by atoms with van der Waals surface area (Å²) >= 11 is 0. The Balaban J connectivity index is 1.61. The number of H-pyrrole nitrogens is 2. The number of benzene rings is 1. The van der Waals surface area contributed by atoms with Gasteiger partial charge in [0.25, 0.3) is 0 Å². The first-order chi connectivity index (χ1) is 16.1. The van der Waals surface area contributed by atoms with Crippen molar-refractivity contribution in [3.05, 3.63) is 60.8 Å². The number of nitrogens with zero attached hydrogens (tertiary/aromatic N) is 6. The molecule has 0 unspecified atom stereocenters. The number of anilines is 1. The molecular weight excluding hydrogens is 416 g/mol. The number of hydrogen-bond acceptors (Lipinski definition) is 7. The van der Waals surface area contributed by atoms with E-state index in [1.807, 2.05) is 55.5 Å². The molecule has 9 heteroatoms. The van der Waals surface area contributed by atoms with Gasteiger partial charge in [-0.15, -0.1) is 0 Å². The number of fused-ring (bicyclic) bond motifs is 2. The van der Waals surface area contributed by atoms with Crippen LogP contribution in [0.5, 0.6) is 5.75 Å². The lowest BCUT2D eigenvalue weighted by Crippen LogP contribution is -2.09. The SMILES string of the molecule is C=N/C(C)=C\N(C)c1ccnc2[nH]c(-c3n[nH]c4ccc(-c5cncc(OC)c5)cc34)nc12. The minimum Gasteiger partial charge on any atom is -0.495 e. The van der Waals surface area contributed by atoms with Crippen LogP contribution < -0.4 is 9.64 Å². The van der Waals surface area contributed by atoms with Crippen LogP contribution in [0.1, 0.15) is 6.92 Å². The normalized spacial score (nSPS) is 11.8. The highest BCUT2D eigenvalue weighted by Crippen LogP contribution is 2.32. The van der Waals surface area contributed by atoms with Crippen LogP contribution in [0.2, 0.25) is 0 Å². The lowest BCUT2D eigenvalue weighted by atomic mass is 10.0.